The number of aliphatic imine (C=N–C) groups is 1. The van der Waals surface area contributed by atoms with Crippen molar-refractivity contribution in [1.29, 1.82) is 0 Å². The van der Waals surface area contributed by atoms with E-state index >= 15 is 0 Å². The number of anilines is 1. The van der Waals surface area contributed by atoms with Crippen LogP contribution in [0.15, 0.2) is 47.6 Å². The molecule has 0 aliphatic carbocycles. The summed E-state index contributed by atoms with van der Waals surface area (Å²) >= 11 is 0. The van der Waals surface area contributed by atoms with E-state index in [1.165, 1.54) is 18.2 Å². The molecule has 0 saturated carbocycles. The SMILES string of the molecule is CN=C(NCC1(c2ccc(F)cc2)CCOCC1)NC1CCN(c2ncccc2F)C1. The lowest BCUT2D eigenvalue weighted by Crippen LogP contribution is -2.50. The molecule has 0 spiro atoms. The predicted octanol–water partition coefficient (Wildman–Crippen LogP) is 2.85. The van der Waals surface area contributed by atoms with Crippen molar-refractivity contribution in [2.24, 2.45) is 4.99 Å². The van der Waals surface area contributed by atoms with Crippen molar-refractivity contribution < 1.29 is 13.5 Å². The van der Waals surface area contributed by atoms with Crippen LogP contribution in [0.2, 0.25) is 0 Å². The largest absolute Gasteiger partial charge is 0.381 e. The van der Waals surface area contributed by atoms with Crippen molar-refractivity contribution in [1.82, 2.24) is 15.6 Å². The summed E-state index contributed by atoms with van der Waals surface area (Å²) in [6.07, 6.45) is 4.20. The van der Waals surface area contributed by atoms with E-state index in [2.05, 4.69) is 20.6 Å². The monoisotopic (exact) mass is 429 g/mol. The molecule has 166 valence electrons. The molecule has 1 atom stereocenters. The third kappa shape index (κ3) is 4.95. The summed E-state index contributed by atoms with van der Waals surface area (Å²) < 4.78 is 33.1. The van der Waals surface area contributed by atoms with Crippen LogP contribution in [0.5, 0.6) is 0 Å². The number of rotatable bonds is 5. The minimum absolute atomic E-state index is 0.137. The summed E-state index contributed by atoms with van der Waals surface area (Å²) in [6.45, 7) is 3.43. The molecule has 3 heterocycles. The van der Waals surface area contributed by atoms with E-state index in [1.807, 2.05) is 17.0 Å². The molecular formula is C23H29F2N5O. The molecule has 0 bridgehead atoms. The Hall–Kier alpha value is -2.74. The third-order valence-corrected chi connectivity index (χ3v) is 6.29. The van der Waals surface area contributed by atoms with Crippen molar-refractivity contribution >= 4 is 11.8 Å². The Kier molecular flexibility index (Phi) is 6.65. The van der Waals surface area contributed by atoms with Gasteiger partial charge >= 0.3 is 0 Å². The Balaban J connectivity index is 1.38. The first kappa shape index (κ1) is 21.5. The standard InChI is InChI=1S/C23H29F2N5O/c1-26-22(29-19-8-12-30(15-19)21-20(25)3-2-11-27-21)28-16-23(9-13-31-14-10-23)17-4-6-18(24)7-5-17/h2-7,11,19H,8-10,12-16H2,1H3,(H2,26,28,29). The third-order valence-electron chi connectivity index (χ3n) is 6.29. The summed E-state index contributed by atoms with van der Waals surface area (Å²) in [5, 5.41) is 6.93. The Morgan fingerprint density at radius 3 is 2.71 bits per heavy atom. The first-order valence-electron chi connectivity index (χ1n) is 10.8. The number of pyridine rings is 1. The number of hydrogen-bond donors (Lipinski definition) is 2. The molecule has 6 nitrogen and oxygen atoms in total. The average molecular weight is 430 g/mol. The Bertz CT molecular complexity index is 899. The zero-order valence-corrected chi connectivity index (χ0v) is 17.8. The van der Waals surface area contributed by atoms with Crippen LogP contribution < -0.4 is 15.5 Å². The van der Waals surface area contributed by atoms with Crippen LogP contribution in [-0.4, -0.2) is 56.9 Å². The van der Waals surface area contributed by atoms with Crippen molar-refractivity contribution in [2.45, 2.75) is 30.7 Å². The molecule has 31 heavy (non-hydrogen) atoms. The molecule has 2 N–H and O–H groups in total. The van der Waals surface area contributed by atoms with Crippen LogP contribution in [0.1, 0.15) is 24.8 Å². The Morgan fingerprint density at radius 2 is 2.00 bits per heavy atom. The van der Waals surface area contributed by atoms with E-state index in [0.717, 1.165) is 31.4 Å². The number of benzene rings is 1. The van der Waals surface area contributed by atoms with E-state index < -0.39 is 0 Å². The van der Waals surface area contributed by atoms with Crippen molar-refractivity contribution in [3.63, 3.8) is 0 Å². The lowest BCUT2D eigenvalue weighted by molar-refractivity contribution is 0.0513. The van der Waals surface area contributed by atoms with E-state index in [9.17, 15) is 8.78 Å². The molecule has 1 aromatic carbocycles. The fourth-order valence-corrected chi connectivity index (χ4v) is 4.45. The number of hydrogen-bond acceptors (Lipinski definition) is 4. The van der Waals surface area contributed by atoms with Gasteiger partial charge in [0.1, 0.15) is 5.82 Å². The van der Waals surface area contributed by atoms with E-state index in [4.69, 9.17) is 4.74 Å². The quantitative estimate of drug-likeness (QED) is 0.565. The van der Waals surface area contributed by atoms with Crippen LogP contribution in [0.25, 0.3) is 0 Å². The molecule has 0 radical (unpaired) electrons. The number of nitrogens with zero attached hydrogens (tertiary/aromatic N) is 3. The highest BCUT2D eigenvalue weighted by Crippen LogP contribution is 2.34. The molecule has 1 unspecified atom stereocenters. The highest BCUT2D eigenvalue weighted by Gasteiger charge is 2.35. The minimum Gasteiger partial charge on any atom is -0.381 e. The average Bonchev–Trinajstić information content (AvgIpc) is 3.26. The van der Waals surface area contributed by atoms with Crippen molar-refractivity contribution in [2.75, 3.05) is 44.8 Å². The molecule has 4 rings (SSSR count). The van der Waals surface area contributed by atoms with Gasteiger partial charge in [0, 0.05) is 57.5 Å². The molecule has 2 aliphatic heterocycles. The second kappa shape index (κ2) is 9.60. The van der Waals surface area contributed by atoms with Gasteiger partial charge < -0.3 is 20.3 Å². The highest BCUT2D eigenvalue weighted by atomic mass is 19.1. The van der Waals surface area contributed by atoms with Gasteiger partial charge in [-0.2, -0.15) is 0 Å². The van der Waals surface area contributed by atoms with Crippen molar-refractivity contribution in [3.8, 4) is 0 Å². The minimum atomic E-state index is -0.300. The van der Waals surface area contributed by atoms with E-state index in [0.29, 0.717) is 38.1 Å². The number of aromatic nitrogens is 1. The summed E-state index contributed by atoms with van der Waals surface area (Å²) in [6, 6.07) is 9.95. The Morgan fingerprint density at radius 1 is 1.23 bits per heavy atom. The molecule has 1 aromatic heterocycles. The van der Waals surface area contributed by atoms with Crippen LogP contribution in [0, 0.1) is 11.6 Å². The maximum absolute atomic E-state index is 14.1. The number of ether oxygens (including phenoxy) is 1. The first-order valence-corrected chi connectivity index (χ1v) is 10.8. The fourth-order valence-electron chi connectivity index (χ4n) is 4.45. The van der Waals surface area contributed by atoms with Gasteiger partial charge in [-0.15, -0.1) is 0 Å². The summed E-state index contributed by atoms with van der Waals surface area (Å²) in [7, 11) is 1.75. The van der Waals surface area contributed by atoms with Crippen LogP contribution in [-0.2, 0) is 10.2 Å². The predicted molar refractivity (Wildman–Crippen MR) is 117 cm³/mol. The molecule has 8 heteroatoms. The van der Waals surface area contributed by atoms with Crippen LogP contribution in [0.3, 0.4) is 0 Å². The Labute approximate surface area is 181 Å². The van der Waals surface area contributed by atoms with E-state index in [1.54, 1.807) is 19.3 Å². The van der Waals surface area contributed by atoms with Gasteiger partial charge in [-0.05, 0) is 49.1 Å². The zero-order valence-electron chi connectivity index (χ0n) is 17.8. The number of halogens is 2. The lowest BCUT2D eigenvalue weighted by atomic mass is 9.74. The molecule has 2 fully saturated rings. The maximum atomic E-state index is 14.1. The van der Waals surface area contributed by atoms with Crippen LogP contribution >= 0.6 is 0 Å². The second-order valence-corrected chi connectivity index (χ2v) is 8.21. The van der Waals surface area contributed by atoms with Crippen molar-refractivity contribution in [3.05, 3.63) is 59.8 Å². The van der Waals surface area contributed by atoms with Gasteiger partial charge in [-0.1, -0.05) is 12.1 Å². The number of nitrogens with one attached hydrogen (secondary N) is 2. The molecule has 2 aliphatic rings. The topological polar surface area (TPSA) is 61.8 Å². The maximum Gasteiger partial charge on any atom is 0.191 e. The summed E-state index contributed by atoms with van der Waals surface area (Å²) in [5.74, 6) is 0.575. The summed E-state index contributed by atoms with van der Waals surface area (Å²) in [5.41, 5.74) is 0.973. The van der Waals surface area contributed by atoms with E-state index in [-0.39, 0.29) is 23.1 Å². The second-order valence-electron chi connectivity index (χ2n) is 8.21. The lowest BCUT2D eigenvalue weighted by Gasteiger charge is -2.38. The van der Waals surface area contributed by atoms with Gasteiger partial charge in [-0.3, -0.25) is 4.99 Å². The fraction of sp³-hybridized carbons (Fsp3) is 0.478. The van der Waals surface area contributed by atoms with Gasteiger partial charge in [0.25, 0.3) is 0 Å². The van der Waals surface area contributed by atoms with Gasteiger partial charge in [0.05, 0.1) is 0 Å². The number of guanidine groups is 1. The molecule has 2 aromatic rings. The molecular weight excluding hydrogens is 400 g/mol. The summed E-state index contributed by atoms with van der Waals surface area (Å²) in [4.78, 5) is 10.5. The first-order chi connectivity index (χ1) is 15.1. The normalized spacial score (nSPS) is 21.2. The molecule has 2 saturated heterocycles. The molecule has 0 amide bonds. The van der Waals surface area contributed by atoms with Gasteiger partial charge in [0.15, 0.2) is 17.6 Å². The smallest absolute Gasteiger partial charge is 0.191 e. The van der Waals surface area contributed by atoms with Crippen LogP contribution in [0.4, 0.5) is 14.6 Å². The van der Waals surface area contributed by atoms with Gasteiger partial charge in [0.2, 0.25) is 0 Å². The zero-order chi connectivity index (χ0) is 21.7. The highest BCUT2D eigenvalue weighted by molar-refractivity contribution is 5.80. The van der Waals surface area contributed by atoms with Gasteiger partial charge in [-0.25, -0.2) is 13.8 Å².